The second-order valence-electron chi connectivity index (χ2n) is 7.93. The number of rotatable bonds is 4. The summed E-state index contributed by atoms with van der Waals surface area (Å²) in [5, 5.41) is 0. The summed E-state index contributed by atoms with van der Waals surface area (Å²) in [5.41, 5.74) is 0.579. The van der Waals surface area contributed by atoms with Crippen molar-refractivity contribution in [2.45, 2.75) is 69.9 Å². The number of hydrogen-bond acceptors (Lipinski definition) is 3. The fourth-order valence-corrected chi connectivity index (χ4v) is 4.62. The maximum atomic E-state index is 13.2. The van der Waals surface area contributed by atoms with Crippen LogP contribution in [0.25, 0.3) is 0 Å². The lowest BCUT2D eigenvalue weighted by Crippen LogP contribution is -2.51. The normalized spacial score (nSPS) is 24.2. The Balaban J connectivity index is 1.61. The molecule has 5 nitrogen and oxygen atoms in total. The van der Waals surface area contributed by atoms with Crippen molar-refractivity contribution in [2.24, 2.45) is 5.92 Å². The Labute approximate surface area is 168 Å². The molecule has 1 heterocycles. The standard InChI is InChI=1S/C21H25BrN2O3/c22-15-9-11-17(12-10-15)24-19(25)13-18(21(24)27)23(20(26)14-7-8-14)16-5-3-1-2-4-6-16/h9-12,14,16,18H,1-8,13H2. The number of imide groups is 1. The van der Waals surface area contributed by atoms with Gasteiger partial charge in [0.25, 0.3) is 5.91 Å². The molecule has 1 aromatic carbocycles. The number of amides is 3. The van der Waals surface area contributed by atoms with Gasteiger partial charge in [0.05, 0.1) is 12.1 Å². The van der Waals surface area contributed by atoms with E-state index in [2.05, 4.69) is 15.9 Å². The van der Waals surface area contributed by atoms with Gasteiger partial charge < -0.3 is 4.90 Å². The monoisotopic (exact) mass is 432 g/mol. The third-order valence-electron chi connectivity index (χ3n) is 5.94. The molecule has 3 fully saturated rings. The van der Waals surface area contributed by atoms with Gasteiger partial charge in [0, 0.05) is 16.4 Å². The van der Waals surface area contributed by atoms with Crippen LogP contribution in [-0.4, -0.2) is 34.7 Å². The van der Waals surface area contributed by atoms with Crippen LogP contribution in [0.1, 0.15) is 57.8 Å². The molecule has 3 aliphatic rings. The molecule has 1 saturated heterocycles. The summed E-state index contributed by atoms with van der Waals surface area (Å²) in [6, 6.07) is 6.62. The number of hydrogen-bond donors (Lipinski definition) is 0. The summed E-state index contributed by atoms with van der Waals surface area (Å²) in [7, 11) is 0. The summed E-state index contributed by atoms with van der Waals surface area (Å²) in [6.45, 7) is 0. The molecule has 3 amide bonds. The van der Waals surface area contributed by atoms with Crippen molar-refractivity contribution < 1.29 is 14.4 Å². The van der Waals surface area contributed by atoms with Crippen LogP contribution < -0.4 is 4.90 Å². The van der Waals surface area contributed by atoms with E-state index in [0.29, 0.717) is 5.69 Å². The van der Waals surface area contributed by atoms with Gasteiger partial charge in [-0.15, -0.1) is 0 Å². The Bertz CT molecular complexity index is 736. The molecule has 0 radical (unpaired) electrons. The molecule has 0 N–H and O–H groups in total. The molecule has 1 atom stereocenters. The third kappa shape index (κ3) is 3.82. The van der Waals surface area contributed by atoms with Crippen LogP contribution in [0.5, 0.6) is 0 Å². The zero-order valence-corrected chi connectivity index (χ0v) is 17.0. The molecular weight excluding hydrogens is 408 g/mol. The molecular formula is C21H25BrN2O3. The minimum Gasteiger partial charge on any atom is -0.327 e. The highest BCUT2D eigenvalue weighted by Crippen LogP contribution is 2.37. The van der Waals surface area contributed by atoms with Gasteiger partial charge in [0.2, 0.25) is 11.8 Å². The summed E-state index contributed by atoms with van der Waals surface area (Å²) in [6.07, 6.45) is 8.35. The van der Waals surface area contributed by atoms with E-state index in [1.165, 1.54) is 17.7 Å². The third-order valence-corrected chi connectivity index (χ3v) is 6.47. The fraction of sp³-hybridized carbons (Fsp3) is 0.571. The average molecular weight is 433 g/mol. The van der Waals surface area contributed by atoms with E-state index in [0.717, 1.165) is 43.0 Å². The van der Waals surface area contributed by atoms with Crippen LogP contribution >= 0.6 is 15.9 Å². The molecule has 0 spiro atoms. The van der Waals surface area contributed by atoms with E-state index in [-0.39, 0.29) is 36.1 Å². The van der Waals surface area contributed by atoms with E-state index in [4.69, 9.17) is 0 Å². The van der Waals surface area contributed by atoms with Gasteiger partial charge in [0.15, 0.2) is 0 Å². The SMILES string of the molecule is O=C1CC(N(C(=O)C2CC2)C2CCCCCC2)C(=O)N1c1ccc(Br)cc1. The summed E-state index contributed by atoms with van der Waals surface area (Å²) < 4.78 is 0.894. The summed E-state index contributed by atoms with van der Waals surface area (Å²) in [5.74, 6) is -0.321. The van der Waals surface area contributed by atoms with Gasteiger partial charge in [-0.25, -0.2) is 4.90 Å². The molecule has 2 aliphatic carbocycles. The van der Waals surface area contributed by atoms with Gasteiger partial charge in [-0.05, 0) is 49.9 Å². The van der Waals surface area contributed by atoms with Crippen molar-refractivity contribution >= 4 is 39.3 Å². The number of anilines is 1. The van der Waals surface area contributed by atoms with E-state index < -0.39 is 6.04 Å². The topological polar surface area (TPSA) is 57.7 Å². The minimum atomic E-state index is -0.641. The molecule has 0 bridgehead atoms. The predicted octanol–water partition coefficient (Wildman–Crippen LogP) is 4.04. The second-order valence-corrected chi connectivity index (χ2v) is 8.84. The van der Waals surface area contributed by atoms with Crippen LogP contribution in [0, 0.1) is 5.92 Å². The van der Waals surface area contributed by atoms with Gasteiger partial charge >= 0.3 is 0 Å². The van der Waals surface area contributed by atoms with Gasteiger partial charge in [0.1, 0.15) is 6.04 Å². The molecule has 1 unspecified atom stereocenters. The fourth-order valence-electron chi connectivity index (χ4n) is 4.36. The van der Waals surface area contributed by atoms with Crippen LogP contribution in [0.2, 0.25) is 0 Å². The zero-order chi connectivity index (χ0) is 19.0. The Morgan fingerprint density at radius 1 is 0.963 bits per heavy atom. The highest BCUT2D eigenvalue weighted by atomic mass is 79.9. The molecule has 1 aliphatic heterocycles. The molecule has 27 heavy (non-hydrogen) atoms. The first-order valence-electron chi connectivity index (χ1n) is 10.0. The summed E-state index contributed by atoms with van der Waals surface area (Å²) >= 11 is 3.38. The number of nitrogens with zero attached hydrogens (tertiary/aromatic N) is 2. The van der Waals surface area contributed by atoms with E-state index >= 15 is 0 Å². The first-order valence-corrected chi connectivity index (χ1v) is 10.8. The van der Waals surface area contributed by atoms with Crippen molar-refractivity contribution in [2.75, 3.05) is 4.90 Å². The number of benzene rings is 1. The lowest BCUT2D eigenvalue weighted by Gasteiger charge is -2.35. The van der Waals surface area contributed by atoms with E-state index in [1.54, 1.807) is 12.1 Å². The Morgan fingerprint density at radius 2 is 1.59 bits per heavy atom. The average Bonchev–Trinajstić information content (AvgIpc) is 3.47. The lowest BCUT2D eigenvalue weighted by molar-refractivity contribution is -0.142. The maximum Gasteiger partial charge on any atom is 0.257 e. The Morgan fingerprint density at radius 3 is 2.19 bits per heavy atom. The predicted molar refractivity (Wildman–Crippen MR) is 106 cm³/mol. The zero-order valence-electron chi connectivity index (χ0n) is 15.4. The Kier molecular flexibility index (Phi) is 5.35. The molecule has 6 heteroatoms. The molecule has 1 aromatic rings. The minimum absolute atomic E-state index is 0.0536. The van der Waals surface area contributed by atoms with Crippen molar-refractivity contribution in [1.82, 2.24) is 4.90 Å². The van der Waals surface area contributed by atoms with Crippen LogP contribution in [0.4, 0.5) is 5.69 Å². The molecule has 0 aromatic heterocycles. The Hall–Kier alpha value is -1.69. The molecule has 2 saturated carbocycles. The van der Waals surface area contributed by atoms with Crippen molar-refractivity contribution in [3.63, 3.8) is 0 Å². The first kappa shape index (κ1) is 18.7. The number of halogens is 1. The first-order chi connectivity index (χ1) is 13.1. The van der Waals surface area contributed by atoms with E-state index in [9.17, 15) is 14.4 Å². The second kappa shape index (κ2) is 7.74. The van der Waals surface area contributed by atoms with E-state index in [1.807, 2.05) is 17.0 Å². The smallest absolute Gasteiger partial charge is 0.257 e. The largest absolute Gasteiger partial charge is 0.327 e. The highest BCUT2D eigenvalue weighted by molar-refractivity contribution is 9.10. The van der Waals surface area contributed by atoms with Gasteiger partial charge in [-0.3, -0.25) is 14.4 Å². The number of carbonyl (C=O) groups excluding carboxylic acids is 3. The van der Waals surface area contributed by atoms with Crippen LogP contribution in [0.15, 0.2) is 28.7 Å². The van der Waals surface area contributed by atoms with Crippen molar-refractivity contribution in [3.05, 3.63) is 28.7 Å². The van der Waals surface area contributed by atoms with Crippen LogP contribution in [-0.2, 0) is 14.4 Å². The quantitative estimate of drug-likeness (QED) is 0.532. The van der Waals surface area contributed by atoms with Crippen molar-refractivity contribution in [3.8, 4) is 0 Å². The molecule has 4 rings (SSSR count). The number of carbonyl (C=O) groups is 3. The van der Waals surface area contributed by atoms with Crippen LogP contribution in [0.3, 0.4) is 0 Å². The maximum absolute atomic E-state index is 13.2. The highest BCUT2D eigenvalue weighted by Gasteiger charge is 2.48. The summed E-state index contributed by atoms with van der Waals surface area (Å²) in [4.78, 5) is 42.1. The molecule has 144 valence electrons. The van der Waals surface area contributed by atoms with Gasteiger partial charge in [-0.1, -0.05) is 41.6 Å². The van der Waals surface area contributed by atoms with Gasteiger partial charge in [-0.2, -0.15) is 0 Å². The lowest BCUT2D eigenvalue weighted by atomic mass is 10.0. The van der Waals surface area contributed by atoms with Crippen molar-refractivity contribution in [1.29, 1.82) is 0 Å².